The van der Waals surface area contributed by atoms with Gasteiger partial charge in [-0.25, -0.2) is 4.57 Å². The topological polar surface area (TPSA) is 3.88 Å². The van der Waals surface area contributed by atoms with E-state index in [0.717, 1.165) is 0 Å². The quantitative estimate of drug-likeness (QED) is 0.0811. The van der Waals surface area contributed by atoms with Gasteiger partial charge in [0.05, 0.1) is 0 Å². The molecule has 0 aliphatic carbocycles. The lowest BCUT2D eigenvalue weighted by atomic mass is 9.97. The summed E-state index contributed by atoms with van der Waals surface area (Å²) in [7, 11) is 0. The maximum atomic E-state index is 2.47. The molecule has 0 aliphatic rings. The average molecular weight is 515 g/mol. The third-order valence-electron chi connectivity index (χ3n) is 8.36. The number of unbranched alkanes of at least 4 members (excludes halogenated alkanes) is 22. The van der Waals surface area contributed by atoms with E-state index in [-0.39, 0.29) is 0 Å². The van der Waals surface area contributed by atoms with E-state index in [9.17, 15) is 0 Å². The van der Waals surface area contributed by atoms with Gasteiger partial charge in [0.2, 0.25) is 0 Å². The highest BCUT2D eigenvalue weighted by Gasteiger charge is 2.12. The summed E-state index contributed by atoms with van der Waals surface area (Å²) in [6.45, 7) is 9.22. The van der Waals surface area contributed by atoms with E-state index in [1.807, 2.05) is 0 Å². The van der Waals surface area contributed by atoms with Crippen LogP contribution in [0.15, 0.2) is 18.5 Å². The number of rotatable bonds is 27. The first-order valence-electron chi connectivity index (χ1n) is 17.2. The Morgan fingerprint density at radius 3 is 1.14 bits per heavy atom. The zero-order valence-electron chi connectivity index (χ0n) is 26.1. The maximum Gasteiger partial charge on any atom is 0.172 e. The van der Waals surface area contributed by atoms with E-state index >= 15 is 0 Å². The smallest absolute Gasteiger partial charge is 0.172 e. The molecule has 37 heavy (non-hydrogen) atoms. The first kappa shape index (κ1) is 34.2. The summed E-state index contributed by atoms with van der Waals surface area (Å²) in [5.41, 5.74) is 3.26. The molecule has 1 aromatic heterocycles. The van der Waals surface area contributed by atoms with Crippen LogP contribution in [0.3, 0.4) is 0 Å². The van der Waals surface area contributed by atoms with E-state index in [1.165, 1.54) is 167 Å². The Morgan fingerprint density at radius 1 is 0.459 bits per heavy atom. The lowest BCUT2D eigenvalue weighted by Crippen LogP contribution is -2.36. The van der Waals surface area contributed by atoms with Crippen LogP contribution < -0.4 is 4.57 Å². The fourth-order valence-electron chi connectivity index (χ4n) is 5.69. The van der Waals surface area contributed by atoms with Crippen LogP contribution in [-0.4, -0.2) is 0 Å². The molecule has 1 rings (SSSR count). The summed E-state index contributed by atoms with van der Waals surface area (Å²) in [5, 5.41) is 0. The molecule has 0 saturated carbocycles. The van der Waals surface area contributed by atoms with E-state index in [4.69, 9.17) is 0 Å². The molecular weight excluding hydrogens is 446 g/mol. The largest absolute Gasteiger partial charge is 0.203 e. The van der Waals surface area contributed by atoms with Gasteiger partial charge < -0.3 is 0 Å². The molecule has 1 nitrogen and oxygen atoms in total. The summed E-state index contributed by atoms with van der Waals surface area (Å²) in [5.74, 6) is 0. The van der Waals surface area contributed by atoms with Crippen molar-refractivity contribution in [2.75, 3.05) is 0 Å². The maximum absolute atomic E-state index is 2.47. The summed E-state index contributed by atoms with van der Waals surface area (Å²) < 4.78 is 2.42. The van der Waals surface area contributed by atoms with Gasteiger partial charge in [0.1, 0.15) is 0 Å². The molecule has 0 aromatic carbocycles. The van der Waals surface area contributed by atoms with E-state index in [2.05, 4.69) is 50.7 Å². The third-order valence-corrected chi connectivity index (χ3v) is 8.36. The number of hydrogen-bond acceptors (Lipinski definition) is 0. The normalized spacial score (nSPS) is 11.6. The number of nitrogens with zero attached hydrogens (tertiary/aromatic N) is 1. The summed E-state index contributed by atoms with van der Waals surface area (Å²) >= 11 is 0. The Morgan fingerprint density at radius 2 is 0.784 bits per heavy atom. The Balaban J connectivity index is 2.17. The van der Waals surface area contributed by atoms with Crippen LogP contribution in [0.25, 0.3) is 0 Å². The highest BCUT2D eigenvalue weighted by Crippen LogP contribution is 2.18. The molecule has 0 fully saturated rings. The van der Waals surface area contributed by atoms with Crippen molar-refractivity contribution in [2.45, 2.75) is 201 Å². The first-order chi connectivity index (χ1) is 18.2. The fourth-order valence-corrected chi connectivity index (χ4v) is 5.69. The second-order valence-electron chi connectivity index (χ2n) is 12.3. The second-order valence-corrected chi connectivity index (χ2v) is 12.3. The molecule has 1 heteroatoms. The Bertz CT molecular complexity index is 605. The van der Waals surface area contributed by atoms with Crippen molar-refractivity contribution in [3.63, 3.8) is 0 Å². The molecule has 0 N–H and O–H groups in total. The molecule has 0 bridgehead atoms. The number of aryl methyl sites for hydroxylation is 2. The lowest BCUT2D eigenvalue weighted by molar-refractivity contribution is -0.716. The molecule has 0 aliphatic heterocycles. The SMILES string of the molecule is CCCCCCCCCCCCCCc1cc[n+](C(C)C)cc1CCCCCCCCCCCCCC. The molecule has 216 valence electrons. The van der Waals surface area contributed by atoms with Crippen molar-refractivity contribution >= 4 is 0 Å². The van der Waals surface area contributed by atoms with Crippen molar-refractivity contribution < 1.29 is 4.57 Å². The van der Waals surface area contributed by atoms with Gasteiger partial charge in [0.15, 0.2) is 18.4 Å². The molecule has 0 atom stereocenters. The van der Waals surface area contributed by atoms with Gasteiger partial charge in [-0.05, 0) is 45.1 Å². The minimum atomic E-state index is 0.557. The molecule has 0 radical (unpaired) electrons. The first-order valence-corrected chi connectivity index (χ1v) is 17.2. The predicted molar refractivity (Wildman–Crippen MR) is 167 cm³/mol. The van der Waals surface area contributed by atoms with Gasteiger partial charge >= 0.3 is 0 Å². The van der Waals surface area contributed by atoms with Crippen molar-refractivity contribution in [3.8, 4) is 0 Å². The highest BCUT2D eigenvalue weighted by atomic mass is 15.0. The van der Waals surface area contributed by atoms with Crippen LogP contribution in [0.1, 0.15) is 199 Å². The monoisotopic (exact) mass is 515 g/mol. The van der Waals surface area contributed by atoms with Gasteiger partial charge in [-0.3, -0.25) is 0 Å². The Hall–Kier alpha value is -0.850. The second kappa shape index (κ2) is 25.4. The summed E-state index contributed by atoms with van der Waals surface area (Å²) in [6, 6.07) is 3.00. The minimum absolute atomic E-state index is 0.557. The number of aromatic nitrogens is 1. The molecule has 0 unspecified atom stereocenters. The van der Waals surface area contributed by atoms with Crippen LogP contribution in [-0.2, 0) is 12.8 Å². The molecule has 0 saturated heterocycles. The van der Waals surface area contributed by atoms with Gasteiger partial charge in [-0.15, -0.1) is 0 Å². The van der Waals surface area contributed by atoms with Crippen molar-refractivity contribution in [1.29, 1.82) is 0 Å². The van der Waals surface area contributed by atoms with Gasteiger partial charge in [-0.2, -0.15) is 0 Å². The van der Waals surface area contributed by atoms with Gasteiger partial charge in [-0.1, -0.05) is 155 Å². The zero-order chi connectivity index (χ0) is 26.8. The summed E-state index contributed by atoms with van der Waals surface area (Å²) in [6.07, 6.45) is 41.8. The zero-order valence-corrected chi connectivity index (χ0v) is 26.1. The average Bonchev–Trinajstić information content (AvgIpc) is 2.90. The predicted octanol–water partition coefficient (Wildman–Crippen LogP) is 12.0. The third kappa shape index (κ3) is 19.8. The van der Waals surface area contributed by atoms with Crippen LogP contribution in [0.2, 0.25) is 0 Å². The van der Waals surface area contributed by atoms with Crippen LogP contribution >= 0.6 is 0 Å². The van der Waals surface area contributed by atoms with Crippen molar-refractivity contribution in [3.05, 3.63) is 29.6 Å². The fraction of sp³-hybridized carbons (Fsp3) is 0.861. The van der Waals surface area contributed by atoms with E-state index in [1.54, 1.807) is 11.1 Å². The molecule has 1 aromatic rings. The van der Waals surface area contributed by atoms with Gasteiger partial charge in [0.25, 0.3) is 0 Å². The minimum Gasteiger partial charge on any atom is -0.203 e. The van der Waals surface area contributed by atoms with Gasteiger partial charge in [0, 0.05) is 11.6 Å². The standard InChI is InChI=1S/C36H68N/c1-5-7-9-11-13-15-17-19-21-23-25-27-29-35-31-32-37(34(3)4)33-36(35)30-28-26-24-22-20-18-16-14-12-10-8-6-2/h31-34H,5-30H2,1-4H3/q+1. The van der Waals surface area contributed by atoms with Crippen LogP contribution in [0.4, 0.5) is 0 Å². The van der Waals surface area contributed by atoms with E-state index in [0.29, 0.717) is 6.04 Å². The van der Waals surface area contributed by atoms with Crippen LogP contribution in [0.5, 0.6) is 0 Å². The Labute approximate surface area is 234 Å². The summed E-state index contributed by atoms with van der Waals surface area (Å²) in [4.78, 5) is 0. The van der Waals surface area contributed by atoms with Crippen molar-refractivity contribution in [1.82, 2.24) is 0 Å². The Kier molecular flexibility index (Phi) is 23.5. The molecular formula is C36H68N+. The molecule has 0 spiro atoms. The van der Waals surface area contributed by atoms with Crippen LogP contribution in [0, 0.1) is 0 Å². The molecule has 0 amide bonds. The highest BCUT2D eigenvalue weighted by molar-refractivity contribution is 5.21. The van der Waals surface area contributed by atoms with Crippen molar-refractivity contribution in [2.24, 2.45) is 0 Å². The number of pyridine rings is 1. The molecule has 1 heterocycles. The lowest BCUT2D eigenvalue weighted by Gasteiger charge is -2.10. The number of hydrogen-bond donors (Lipinski definition) is 0. The van der Waals surface area contributed by atoms with E-state index < -0.39 is 0 Å².